The second kappa shape index (κ2) is 9.99. The smallest absolute Gasteiger partial charge is 0.0716 e. The Kier molecular flexibility index (Phi) is 8.52. The van der Waals surface area contributed by atoms with E-state index in [2.05, 4.69) is 43.4 Å². The van der Waals surface area contributed by atoms with Gasteiger partial charge in [-0.15, -0.1) is 0 Å². The summed E-state index contributed by atoms with van der Waals surface area (Å²) < 4.78 is 5.26. The molecule has 0 heterocycles. The molecule has 0 aliphatic carbocycles. The molecule has 19 heavy (non-hydrogen) atoms. The molecule has 1 unspecified atom stereocenters. The summed E-state index contributed by atoms with van der Waals surface area (Å²) in [5.74, 6) is 0. The number of hydrogen-bond acceptors (Lipinski definition) is 2. The highest BCUT2D eigenvalue weighted by molar-refractivity contribution is 5.26. The highest BCUT2D eigenvalue weighted by atomic mass is 16.5. The first-order valence-corrected chi connectivity index (χ1v) is 7.60. The lowest BCUT2D eigenvalue weighted by molar-refractivity contribution is 0.184. The third kappa shape index (κ3) is 6.22. The second-order valence-corrected chi connectivity index (χ2v) is 5.21. The summed E-state index contributed by atoms with van der Waals surface area (Å²) in [5.41, 5.74) is 2.66. The molecule has 0 aromatic heterocycles. The number of methoxy groups -OCH3 is 1. The highest BCUT2D eigenvalue weighted by Crippen LogP contribution is 2.12. The zero-order valence-electron chi connectivity index (χ0n) is 12.7. The summed E-state index contributed by atoms with van der Waals surface area (Å²) in [6, 6.07) is 9.20. The van der Waals surface area contributed by atoms with Crippen LogP contribution in [0.1, 0.15) is 57.1 Å². The molecule has 108 valence electrons. The molecule has 1 rings (SSSR count). The SMILES string of the molecule is CCCCC(CCC)NCc1ccccc1COC. The predicted molar refractivity (Wildman–Crippen MR) is 82.2 cm³/mol. The summed E-state index contributed by atoms with van der Waals surface area (Å²) in [6.45, 7) is 6.18. The molecule has 1 aromatic rings. The minimum Gasteiger partial charge on any atom is -0.380 e. The average Bonchev–Trinajstić information content (AvgIpc) is 2.43. The molecule has 1 atom stereocenters. The van der Waals surface area contributed by atoms with Gasteiger partial charge in [-0.3, -0.25) is 0 Å². The van der Waals surface area contributed by atoms with Gasteiger partial charge in [0.15, 0.2) is 0 Å². The van der Waals surface area contributed by atoms with Crippen LogP contribution in [-0.2, 0) is 17.9 Å². The zero-order valence-corrected chi connectivity index (χ0v) is 12.7. The topological polar surface area (TPSA) is 21.3 Å². The van der Waals surface area contributed by atoms with Crippen molar-refractivity contribution in [2.75, 3.05) is 7.11 Å². The molecule has 0 aliphatic heterocycles. The van der Waals surface area contributed by atoms with Crippen molar-refractivity contribution in [3.05, 3.63) is 35.4 Å². The summed E-state index contributed by atoms with van der Waals surface area (Å²) >= 11 is 0. The summed E-state index contributed by atoms with van der Waals surface area (Å²) in [5, 5.41) is 3.72. The van der Waals surface area contributed by atoms with Crippen LogP contribution >= 0.6 is 0 Å². The third-order valence-electron chi connectivity index (χ3n) is 3.54. The van der Waals surface area contributed by atoms with Gasteiger partial charge in [0.05, 0.1) is 6.61 Å². The zero-order chi connectivity index (χ0) is 13.9. The van der Waals surface area contributed by atoms with Gasteiger partial charge in [-0.05, 0) is 24.0 Å². The van der Waals surface area contributed by atoms with Crippen LogP contribution in [0.3, 0.4) is 0 Å². The minimum atomic E-state index is 0.653. The lowest BCUT2D eigenvalue weighted by atomic mass is 10.0. The van der Waals surface area contributed by atoms with Gasteiger partial charge in [0.25, 0.3) is 0 Å². The van der Waals surface area contributed by atoms with E-state index < -0.39 is 0 Å². The Labute approximate surface area is 118 Å². The van der Waals surface area contributed by atoms with Crippen LogP contribution in [0, 0.1) is 0 Å². The van der Waals surface area contributed by atoms with Crippen LogP contribution in [0.4, 0.5) is 0 Å². The highest BCUT2D eigenvalue weighted by Gasteiger charge is 2.08. The van der Waals surface area contributed by atoms with Crippen molar-refractivity contribution >= 4 is 0 Å². The lowest BCUT2D eigenvalue weighted by Crippen LogP contribution is -2.28. The Morgan fingerprint density at radius 3 is 2.42 bits per heavy atom. The number of unbranched alkanes of at least 4 members (excludes halogenated alkanes) is 1. The van der Waals surface area contributed by atoms with Crippen molar-refractivity contribution in [2.45, 2.75) is 65.1 Å². The van der Waals surface area contributed by atoms with Crippen molar-refractivity contribution < 1.29 is 4.74 Å². The van der Waals surface area contributed by atoms with Crippen LogP contribution in [0.25, 0.3) is 0 Å². The van der Waals surface area contributed by atoms with Gasteiger partial charge in [-0.25, -0.2) is 0 Å². The maximum absolute atomic E-state index is 5.26. The van der Waals surface area contributed by atoms with E-state index in [1.807, 2.05) is 0 Å². The normalized spacial score (nSPS) is 12.6. The van der Waals surface area contributed by atoms with Crippen molar-refractivity contribution in [1.82, 2.24) is 5.32 Å². The van der Waals surface area contributed by atoms with Crippen LogP contribution in [0.15, 0.2) is 24.3 Å². The number of nitrogens with one attached hydrogen (secondary N) is 1. The van der Waals surface area contributed by atoms with E-state index in [9.17, 15) is 0 Å². The van der Waals surface area contributed by atoms with E-state index in [4.69, 9.17) is 4.74 Å². The van der Waals surface area contributed by atoms with E-state index >= 15 is 0 Å². The fourth-order valence-corrected chi connectivity index (χ4v) is 2.43. The Balaban J connectivity index is 2.52. The maximum Gasteiger partial charge on any atom is 0.0716 e. The maximum atomic E-state index is 5.26. The molecule has 0 aliphatic rings. The van der Waals surface area contributed by atoms with Crippen LogP contribution in [0.2, 0.25) is 0 Å². The van der Waals surface area contributed by atoms with Crippen molar-refractivity contribution in [3.8, 4) is 0 Å². The van der Waals surface area contributed by atoms with E-state index in [0.717, 1.165) is 6.54 Å². The van der Waals surface area contributed by atoms with Crippen LogP contribution in [-0.4, -0.2) is 13.2 Å². The molecule has 1 aromatic carbocycles. The van der Waals surface area contributed by atoms with Gasteiger partial charge < -0.3 is 10.1 Å². The lowest BCUT2D eigenvalue weighted by Gasteiger charge is -2.19. The number of rotatable bonds is 10. The summed E-state index contributed by atoms with van der Waals surface area (Å²) in [4.78, 5) is 0. The minimum absolute atomic E-state index is 0.653. The average molecular weight is 263 g/mol. The van der Waals surface area contributed by atoms with Gasteiger partial charge in [0, 0.05) is 19.7 Å². The quantitative estimate of drug-likeness (QED) is 0.680. The molecular weight excluding hydrogens is 234 g/mol. The monoisotopic (exact) mass is 263 g/mol. The first kappa shape index (κ1) is 16.2. The molecule has 0 spiro atoms. The summed E-state index contributed by atoms with van der Waals surface area (Å²) in [7, 11) is 1.76. The number of ether oxygens (including phenoxy) is 1. The Bertz CT molecular complexity index is 338. The van der Waals surface area contributed by atoms with E-state index in [-0.39, 0.29) is 0 Å². The van der Waals surface area contributed by atoms with Crippen molar-refractivity contribution in [3.63, 3.8) is 0 Å². The first-order chi connectivity index (χ1) is 9.31. The molecule has 1 N–H and O–H groups in total. The fourth-order valence-electron chi connectivity index (χ4n) is 2.43. The molecule has 2 nitrogen and oxygen atoms in total. The van der Waals surface area contributed by atoms with Gasteiger partial charge in [-0.1, -0.05) is 57.4 Å². The van der Waals surface area contributed by atoms with Crippen molar-refractivity contribution in [2.24, 2.45) is 0 Å². The van der Waals surface area contributed by atoms with Gasteiger partial charge >= 0.3 is 0 Å². The fraction of sp³-hybridized carbons (Fsp3) is 0.647. The standard InChI is InChI=1S/C17H29NO/c1-4-6-12-17(9-5-2)18-13-15-10-7-8-11-16(15)14-19-3/h7-8,10-11,17-18H,4-6,9,12-14H2,1-3H3. The molecule has 0 radical (unpaired) electrons. The first-order valence-electron chi connectivity index (χ1n) is 7.60. The molecule has 0 bridgehead atoms. The van der Waals surface area contributed by atoms with Gasteiger partial charge in [0.2, 0.25) is 0 Å². The molecular formula is C17H29NO. The third-order valence-corrected chi connectivity index (χ3v) is 3.54. The van der Waals surface area contributed by atoms with E-state index in [1.54, 1.807) is 7.11 Å². The molecule has 0 saturated carbocycles. The van der Waals surface area contributed by atoms with Gasteiger partial charge in [-0.2, -0.15) is 0 Å². The summed E-state index contributed by atoms with van der Waals surface area (Å²) in [6.07, 6.45) is 6.41. The number of hydrogen-bond donors (Lipinski definition) is 1. The predicted octanol–water partition coefficient (Wildman–Crippen LogP) is 4.28. The Morgan fingerprint density at radius 2 is 1.79 bits per heavy atom. The molecule has 0 fully saturated rings. The largest absolute Gasteiger partial charge is 0.380 e. The Morgan fingerprint density at radius 1 is 1.05 bits per heavy atom. The number of benzene rings is 1. The van der Waals surface area contributed by atoms with Gasteiger partial charge in [0.1, 0.15) is 0 Å². The van der Waals surface area contributed by atoms with E-state index in [1.165, 1.54) is 43.2 Å². The molecule has 0 saturated heterocycles. The second-order valence-electron chi connectivity index (χ2n) is 5.21. The molecule has 0 amide bonds. The molecule has 2 heteroatoms. The van der Waals surface area contributed by atoms with Crippen molar-refractivity contribution in [1.29, 1.82) is 0 Å². The van der Waals surface area contributed by atoms with Crippen LogP contribution in [0.5, 0.6) is 0 Å². The van der Waals surface area contributed by atoms with Crippen LogP contribution < -0.4 is 5.32 Å². The Hall–Kier alpha value is -0.860. The van der Waals surface area contributed by atoms with E-state index in [0.29, 0.717) is 12.6 Å².